The van der Waals surface area contributed by atoms with Crippen LogP contribution < -0.4 is 10.1 Å². The van der Waals surface area contributed by atoms with Crippen molar-refractivity contribution in [1.29, 1.82) is 0 Å². The van der Waals surface area contributed by atoms with E-state index in [1.807, 2.05) is 41.2 Å². The molecule has 0 radical (unpaired) electrons. The van der Waals surface area contributed by atoms with E-state index < -0.39 is 0 Å². The molecule has 1 heterocycles. The molecule has 0 bridgehead atoms. The van der Waals surface area contributed by atoms with Gasteiger partial charge in [-0.1, -0.05) is 18.2 Å². The highest BCUT2D eigenvalue weighted by Gasteiger charge is 2.20. The predicted octanol–water partition coefficient (Wildman–Crippen LogP) is 2.21. The third-order valence-electron chi connectivity index (χ3n) is 3.19. The Morgan fingerprint density at radius 3 is 2.89 bits per heavy atom. The third-order valence-corrected chi connectivity index (χ3v) is 3.19. The topological polar surface area (TPSA) is 39.1 Å². The largest absolute Gasteiger partial charge is 0.492 e. The summed E-state index contributed by atoms with van der Waals surface area (Å²) in [6, 6.07) is 10.6. The number of benzene rings is 1. The number of para-hydroxylation sites is 1. The van der Waals surface area contributed by atoms with E-state index in [9.17, 15) is 0 Å². The molecule has 0 saturated heterocycles. The van der Waals surface area contributed by atoms with Crippen LogP contribution in [0.1, 0.15) is 18.4 Å². The third kappa shape index (κ3) is 3.83. The molecule has 0 amide bonds. The Morgan fingerprint density at radius 2 is 2.11 bits per heavy atom. The van der Waals surface area contributed by atoms with Gasteiger partial charge in [0.15, 0.2) is 0 Å². The molecule has 1 aliphatic carbocycles. The lowest BCUT2D eigenvalue weighted by Gasteiger charge is -2.05. The lowest BCUT2D eigenvalue weighted by atomic mass is 10.3. The van der Waals surface area contributed by atoms with Crippen LogP contribution in [0.5, 0.6) is 5.75 Å². The average molecular weight is 257 g/mol. The quantitative estimate of drug-likeness (QED) is 0.826. The maximum absolute atomic E-state index is 5.65. The zero-order valence-electron chi connectivity index (χ0n) is 11.0. The van der Waals surface area contributed by atoms with Crippen LogP contribution in [0.15, 0.2) is 42.7 Å². The Kier molecular flexibility index (Phi) is 3.79. The number of rotatable bonds is 7. The fraction of sp³-hybridized carbons (Fsp3) is 0.400. The van der Waals surface area contributed by atoms with Gasteiger partial charge in [0.05, 0.1) is 12.7 Å². The van der Waals surface area contributed by atoms with Crippen molar-refractivity contribution in [2.24, 2.45) is 0 Å². The first-order valence-corrected chi connectivity index (χ1v) is 6.83. The van der Waals surface area contributed by atoms with Gasteiger partial charge in [-0.05, 0) is 25.0 Å². The number of aromatic nitrogens is 2. The second-order valence-corrected chi connectivity index (χ2v) is 4.93. The monoisotopic (exact) mass is 257 g/mol. The van der Waals surface area contributed by atoms with Crippen LogP contribution in [-0.4, -0.2) is 22.4 Å². The normalized spacial score (nSPS) is 14.5. The van der Waals surface area contributed by atoms with E-state index in [0.29, 0.717) is 6.61 Å². The van der Waals surface area contributed by atoms with Crippen LogP contribution in [0.3, 0.4) is 0 Å². The van der Waals surface area contributed by atoms with Gasteiger partial charge in [-0.3, -0.25) is 4.68 Å². The molecule has 0 spiro atoms. The molecule has 1 fully saturated rings. The molecule has 3 rings (SSSR count). The van der Waals surface area contributed by atoms with Gasteiger partial charge in [0.25, 0.3) is 0 Å². The van der Waals surface area contributed by atoms with Gasteiger partial charge in [0.2, 0.25) is 0 Å². The first-order chi connectivity index (χ1) is 9.40. The summed E-state index contributed by atoms with van der Waals surface area (Å²) in [4.78, 5) is 0. The van der Waals surface area contributed by atoms with Crippen molar-refractivity contribution in [3.8, 4) is 5.75 Å². The highest BCUT2D eigenvalue weighted by Crippen LogP contribution is 2.19. The van der Waals surface area contributed by atoms with Gasteiger partial charge in [-0.25, -0.2) is 0 Å². The minimum atomic E-state index is 0.640. The van der Waals surface area contributed by atoms with Crippen molar-refractivity contribution in [3.05, 3.63) is 48.3 Å². The SMILES string of the molecule is c1ccc(OCCn2cc(CNC3CC3)cn2)cc1. The molecule has 4 heteroatoms. The fourth-order valence-corrected chi connectivity index (χ4v) is 1.94. The van der Waals surface area contributed by atoms with Crippen molar-refractivity contribution in [1.82, 2.24) is 15.1 Å². The molecule has 1 saturated carbocycles. The summed E-state index contributed by atoms with van der Waals surface area (Å²) in [6.07, 6.45) is 6.65. The highest BCUT2D eigenvalue weighted by atomic mass is 16.5. The molecule has 19 heavy (non-hydrogen) atoms. The lowest BCUT2D eigenvalue weighted by molar-refractivity contribution is 0.291. The number of nitrogens with zero attached hydrogens (tertiary/aromatic N) is 2. The molecule has 2 aromatic rings. The van der Waals surface area contributed by atoms with Crippen LogP contribution in [0.25, 0.3) is 0 Å². The van der Waals surface area contributed by atoms with E-state index in [1.54, 1.807) is 0 Å². The zero-order valence-corrected chi connectivity index (χ0v) is 11.0. The van der Waals surface area contributed by atoms with Crippen LogP contribution in [-0.2, 0) is 13.1 Å². The Hall–Kier alpha value is -1.81. The molecule has 1 aromatic heterocycles. The molecule has 4 nitrogen and oxygen atoms in total. The summed E-state index contributed by atoms with van der Waals surface area (Å²) in [7, 11) is 0. The van der Waals surface area contributed by atoms with Gasteiger partial charge in [0, 0.05) is 24.3 Å². The average Bonchev–Trinajstić information content (AvgIpc) is 3.17. The standard InChI is InChI=1S/C15H19N3O/c1-2-4-15(5-3-1)19-9-8-18-12-13(11-17-18)10-16-14-6-7-14/h1-5,11-12,14,16H,6-10H2. The maximum Gasteiger partial charge on any atom is 0.119 e. The lowest BCUT2D eigenvalue weighted by Crippen LogP contribution is -2.14. The van der Waals surface area contributed by atoms with E-state index in [-0.39, 0.29) is 0 Å². The van der Waals surface area contributed by atoms with Crippen LogP contribution in [0, 0.1) is 0 Å². The van der Waals surface area contributed by atoms with Crippen molar-refractivity contribution in [2.45, 2.75) is 32.0 Å². The van der Waals surface area contributed by atoms with E-state index >= 15 is 0 Å². The van der Waals surface area contributed by atoms with Gasteiger partial charge in [-0.2, -0.15) is 5.10 Å². The summed E-state index contributed by atoms with van der Waals surface area (Å²) in [5.41, 5.74) is 1.24. The van der Waals surface area contributed by atoms with Crippen LogP contribution in [0.2, 0.25) is 0 Å². The molecule has 100 valence electrons. The Bertz CT molecular complexity index is 505. The van der Waals surface area contributed by atoms with Gasteiger partial charge in [0.1, 0.15) is 12.4 Å². The maximum atomic E-state index is 5.65. The smallest absolute Gasteiger partial charge is 0.119 e. The first kappa shape index (κ1) is 12.2. The summed E-state index contributed by atoms with van der Waals surface area (Å²) >= 11 is 0. The molecule has 0 unspecified atom stereocenters. The Labute approximate surface area is 113 Å². The fourth-order valence-electron chi connectivity index (χ4n) is 1.94. The Morgan fingerprint density at radius 1 is 1.26 bits per heavy atom. The second kappa shape index (κ2) is 5.89. The molecule has 1 N–H and O–H groups in total. The van der Waals surface area contributed by atoms with E-state index in [4.69, 9.17) is 4.74 Å². The molecule has 1 aliphatic rings. The van der Waals surface area contributed by atoms with Gasteiger partial charge in [-0.15, -0.1) is 0 Å². The summed E-state index contributed by atoms with van der Waals surface area (Å²) in [5.74, 6) is 0.908. The number of hydrogen-bond donors (Lipinski definition) is 1. The second-order valence-electron chi connectivity index (χ2n) is 4.93. The van der Waals surface area contributed by atoms with Crippen molar-refractivity contribution in [3.63, 3.8) is 0 Å². The van der Waals surface area contributed by atoms with Crippen LogP contribution in [0.4, 0.5) is 0 Å². The van der Waals surface area contributed by atoms with Gasteiger partial charge >= 0.3 is 0 Å². The van der Waals surface area contributed by atoms with Crippen LogP contribution >= 0.6 is 0 Å². The summed E-state index contributed by atoms with van der Waals surface area (Å²) < 4.78 is 7.59. The van der Waals surface area contributed by atoms with E-state index in [0.717, 1.165) is 24.9 Å². The van der Waals surface area contributed by atoms with Crippen molar-refractivity contribution in [2.75, 3.05) is 6.61 Å². The first-order valence-electron chi connectivity index (χ1n) is 6.83. The Balaban J connectivity index is 1.42. The molecular weight excluding hydrogens is 238 g/mol. The van der Waals surface area contributed by atoms with E-state index in [1.165, 1.54) is 18.4 Å². The minimum absolute atomic E-state index is 0.640. The zero-order chi connectivity index (χ0) is 12.9. The number of nitrogens with one attached hydrogen (secondary N) is 1. The van der Waals surface area contributed by atoms with Gasteiger partial charge < -0.3 is 10.1 Å². The number of hydrogen-bond acceptors (Lipinski definition) is 3. The number of ether oxygens (including phenoxy) is 1. The van der Waals surface area contributed by atoms with E-state index in [2.05, 4.69) is 16.6 Å². The predicted molar refractivity (Wildman–Crippen MR) is 74.0 cm³/mol. The van der Waals surface area contributed by atoms with Crippen molar-refractivity contribution >= 4 is 0 Å². The highest BCUT2D eigenvalue weighted by molar-refractivity contribution is 5.20. The molecule has 0 atom stereocenters. The minimum Gasteiger partial charge on any atom is -0.492 e. The van der Waals surface area contributed by atoms with Crippen molar-refractivity contribution < 1.29 is 4.74 Å². The molecule has 1 aromatic carbocycles. The molecular formula is C15H19N3O. The summed E-state index contributed by atoms with van der Waals surface area (Å²) in [5, 5.41) is 7.83. The summed E-state index contributed by atoms with van der Waals surface area (Å²) in [6.45, 7) is 2.34. The molecule has 0 aliphatic heterocycles.